The van der Waals surface area contributed by atoms with Crippen molar-refractivity contribution in [2.75, 3.05) is 58.1 Å². The van der Waals surface area contributed by atoms with E-state index in [0.29, 0.717) is 60.6 Å². The van der Waals surface area contributed by atoms with Gasteiger partial charge in [-0.1, -0.05) is 0 Å². The van der Waals surface area contributed by atoms with E-state index in [1.165, 1.54) is 19.2 Å². The molecule has 3 aromatic carbocycles. The first-order valence-electron chi connectivity index (χ1n) is 12.8. The van der Waals surface area contributed by atoms with Crippen molar-refractivity contribution in [1.82, 2.24) is 14.7 Å². The lowest BCUT2D eigenvalue weighted by Crippen LogP contribution is -2.20. The van der Waals surface area contributed by atoms with Crippen LogP contribution in [0.1, 0.15) is 10.4 Å². The van der Waals surface area contributed by atoms with Crippen molar-refractivity contribution in [3.63, 3.8) is 0 Å². The highest BCUT2D eigenvalue weighted by molar-refractivity contribution is 7.91. The molecule has 1 heterocycles. The number of carboxylic acid groups (broad SMARTS) is 1. The Morgan fingerprint density at radius 1 is 1.00 bits per heavy atom. The molecule has 0 fully saturated rings. The van der Waals surface area contributed by atoms with Gasteiger partial charge in [0.15, 0.2) is 5.82 Å². The molecule has 1 aromatic heterocycles. The number of carbonyl (C=O) groups is 2. The van der Waals surface area contributed by atoms with Gasteiger partial charge in [0.2, 0.25) is 9.84 Å². The standard InChI is InChI=1S/C28H29F2N5O7S/c1-34(2)9-11-42-19-4-6-22(24(15-19)31-8-10-41-3)27(36)32-26-23-16-20(5-7-25(23)35(33-26)28(37)38)43(39,40)21-13-17(29)12-18(30)14-21/h4-7,12-16,31H,8-11H2,1-3H3,(H,37,38)(H,32,33,36). The Bertz CT molecular complexity index is 1760. The number of benzene rings is 3. The first kappa shape index (κ1) is 31.3. The van der Waals surface area contributed by atoms with Gasteiger partial charge in [-0.3, -0.25) is 4.79 Å². The zero-order valence-corrected chi connectivity index (χ0v) is 24.2. The SMILES string of the molecule is COCCNc1cc(OCCN(C)C)ccc1C(=O)Nc1nn(C(=O)O)c2ccc(S(=O)(=O)c3cc(F)cc(F)c3)cc12. The van der Waals surface area contributed by atoms with Gasteiger partial charge in [0.1, 0.15) is 24.0 Å². The Morgan fingerprint density at radius 2 is 1.72 bits per heavy atom. The van der Waals surface area contributed by atoms with Gasteiger partial charge < -0.3 is 30.1 Å². The predicted molar refractivity (Wildman–Crippen MR) is 154 cm³/mol. The van der Waals surface area contributed by atoms with Gasteiger partial charge in [-0.05, 0) is 56.6 Å². The first-order chi connectivity index (χ1) is 20.4. The molecule has 43 heavy (non-hydrogen) atoms. The highest BCUT2D eigenvalue weighted by atomic mass is 32.2. The number of anilines is 2. The van der Waals surface area contributed by atoms with Crippen LogP contribution in [0.4, 0.5) is 25.1 Å². The molecule has 0 atom stereocenters. The molecular formula is C28H29F2N5O7S. The number of carbonyl (C=O) groups excluding carboxylic acids is 1. The molecule has 0 bridgehead atoms. The topological polar surface area (TPSA) is 152 Å². The van der Waals surface area contributed by atoms with Crippen molar-refractivity contribution in [3.05, 3.63) is 71.8 Å². The van der Waals surface area contributed by atoms with E-state index in [1.807, 2.05) is 19.0 Å². The number of likely N-dealkylation sites (N-methyl/N-ethyl adjacent to an activating group) is 1. The molecule has 1 amide bonds. The number of hydrogen-bond donors (Lipinski definition) is 3. The van der Waals surface area contributed by atoms with Crippen molar-refractivity contribution in [2.24, 2.45) is 0 Å². The fourth-order valence-electron chi connectivity index (χ4n) is 4.09. The largest absolute Gasteiger partial charge is 0.492 e. The summed E-state index contributed by atoms with van der Waals surface area (Å²) in [6.45, 7) is 1.77. The molecule has 0 aliphatic rings. The van der Waals surface area contributed by atoms with Crippen molar-refractivity contribution in [2.45, 2.75) is 9.79 Å². The summed E-state index contributed by atoms with van der Waals surface area (Å²) < 4.78 is 65.4. The molecule has 0 saturated carbocycles. The van der Waals surface area contributed by atoms with Gasteiger partial charge in [-0.25, -0.2) is 22.0 Å². The molecule has 228 valence electrons. The maximum Gasteiger partial charge on any atom is 0.432 e. The molecule has 12 nitrogen and oxygen atoms in total. The summed E-state index contributed by atoms with van der Waals surface area (Å²) in [6.07, 6.45) is -1.49. The fraction of sp³-hybridized carbons (Fsp3) is 0.250. The van der Waals surface area contributed by atoms with Crippen LogP contribution in [0.25, 0.3) is 10.9 Å². The quantitative estimate of drug-likeness (QED) is 0.200. The highest BCUT2D eigenvalue weighted by Crippen LogP contribution is 2.31. The average Bonchev–Trinajstić information content (AvgIpc) is 3.30. The Kier molecular flexibility index (Phi) is 9.58. The maximum atomic E-state index is 13.8. The number of nitrogens with zero attached hydrogens (tertiary/aromatic N) is 3. The summed E-state index contributed by atoms with van der Waals surface area (Å²) in [5, 5.41) is 19.2. The highest BCUT2D eigenvalue weighted by Gasteiger charge is 2.24. The zero-order valence-electron chi connectivity index (χ0n) is 23.4. The number of methoxy groups -OCH3 is 1. The number of halogens is 2. The Labute approximate surface area is 245 Å². The maximum absolute atomic E-state index is 13.8. The Hall–Kier alpha value is -4.60. The van der Waals surface area contributed by atoms with E-state index < -0.39 is 43.3 Å². The summed E-state index contributed by atoms with van der Waals surface area (Å²) in [7, 11) is 0.902. The van der Waals surface area contributed by atoms with Crippen LogP contribution in [-0.2, 0) is 14.6 Å². The van der Waals surface area contributed by atoms with Gasteiger partial charge in [-0.2, -0.15) is 4.68 Å². The summed E-state index contributed by atoms with van der Waals surface area (Å²) in [4.78, 5) is 26.2. The third kappa shape index (κ3) is 7.25. The molecule has 0 spiro atoms. The lowest BCUT2D eigenvalue weighted by atomic mass is 10.1. The smallest absolute Gasteiger partial charge is 0.432 e. The Morgan fingerprint density at radius 3 is 2.37 bits per heavy atom. The van der Waals surface area contributed by atoms with Crippen molar-refractivity contribution < 1.29 is 41.4 Å². The minimum atomic E-state index is -4.44. The van der Waals surface area contributed by atoms with E-state index in [9.17, 15) is 31.9 Å². The van der Waals surface area contributed by atoms with Gasteiger partial charge in [0.05, 0.1) is 33.2 Å². The van der Waals surface area contributed by atoms with E-state index in [4.69, 9.17) is 9.47 Å². The lowest BCUT2D eigenvalue weighted by molar-refractivity contribution is 0.102. The normalized spacial score (nSPS) is 11.6. The van der Waals surface area contributed by atoms with Gasteiger partial charge in [0.25, 0.3) is 5.91 Å². The van der Waals surface area contributed by atoms with Crippen LogP contribution in [0.2, 0.25) is 0 Å². The number of amides is 1. The molecule has 0 aliphatic heterocycles. The summed E-state index contributed by atoms with van der Waals surface area (Å²) >= 11 is 0. The second kappa shape index (κ2) is 13.1. The van der Waals surface area contributed by atoms with Crippen LogP contribution in [0.5, 0.6) is 5.75 Å². The molecule has 4 aromatic rings. The molecule has 0 saturated heterocycles. The van der Waals surface area contributed by atoms with Crippen molar-refractivity contribution in [1.29, 1.82) is 0 Å². The van der Waals surface area contributed by atoms with E-state index in [2.05, 4.69) is 15.7 Å². The van der Waals surface area contributed by atoms with E-state index >= 15 is 0 Å². The monoisotopic (exact) mass is 617 g/mol. The average molecular weight is 618 g/mol. The lowest BCUT2D eigenvalue weighted by Gasteiger charge is -2.15. The van der Waals surface area contributed by atoms with Crippen LogP contribution in [-0.4, -0.2) is 87.7 Å². The molecule has 0 unspecified atom stereocenters. The molecule has 0 radical (unpaired) electrons. The predicted octanol–water partition coefficient (Wildman–Crippen LogP) is 3.92. The number of fused-ring (bicyclic) bond motifs is 1. The minimum Gasteiger partial charge on any atom is -0.492 e. The van der Waals surface area contributed by atoms with Crippen molar-refractivity contribution in [3.8, 4) is 5.75 Å². The van der Waals surface area contributed by atoms with Crippen LogP contribution in [0, 0.1) is 11.6 Å². The number of ether oxygens (including phenoxy) is 2. The summed E-state index contributed by atoms with van der Waals surface area (Å²) in [6, 6.07) is 9.95. The molecule has 3 N–H and O–H groups in total. The molecule has 0 aliphatic carbocycles. The minimum absolute atomic E-state index is 0.0322. The summed E-state index contributed by atoms with van der Waals surface area (Å²) in [5.74, 6) is -2.61. The van der Waals surface area contributed by atoms with Crippen LogP contribution in [0.3, 0.4) is 0 Å². The van der Waals surface area contributed by atoms with Crippen LogP contribution >= 0.6 is 0 Å². The van der Waals surface area contributed by atoms with Gasteiger partial charge >= 0.3 is 6.09 Å². The number of aromatic nitrogens is 2. The number of nitrogens with one attached hydrogen (secondary N) is 2. The third-order valence-corrected chi connectivity index (χ3v) is 7.92. The second-order valence-corrected chi connectivity index (χ2v) is 11.5. The first-order valence-corrected chi connectivity index (χ1v) is 14.3. The van der Waals surface area contributed by atoms with Crippen LogP contribution in [0.15, 0.2) is 64.4 Å². The van der Waals surface area contributed by atoms with Gasteiger partial charge in [0, 0.05) is 37.7 Å². The molecule has 15 heteroatoms. The molecular weight excluding hydrogens is 588 g/mol. The van der Waals surface area contributed by atoms with Crippen LogP contribution < -0.4 is 15.4 Å². The van der Waals surface area contributed by atoms with Gasteiger partial charge in [-0.15, -0.1) is 5.10 Å². The fourth-order valence-corrected chi connectivity index (χ4v) is 5.42. The Balaban J connectivity index is 1.72. The van der Waals surface area contributed by atoms with E-state index in [0.717, 1.165) is 12.1 Å². The third-order valence-electron chi connectivity index (χ3n) is 6.19. The second-order valence-electron chi connectivity index (χ2n) is 9.56. The van der Waals surface area contributed by atoms with E-state index in [-0.39, 0.29) is 22.3 Å². The van der Waals surface area contributed by atoms with Crippen molar-refractivity contribution >= 4 is 44.2 Å². The summed E-state index contributed by atoms with van der Waals surface area (Å²) in [5.41, 5.74) is 0.527. The van der Waals surface area contributed by atoms with E-state index in [1.54, 1.807) is 12.1 Å². The zero-order chi connectivity index (χ0) is 31.3. The molecule has 4 rings (SSSR count). The number of hydrogen-bond acceptors (Lipinski definition) is 9. The number of sulfone groups is 1. The number of rotatable bonds is 12.